The van der Waals surface area contributed by atoms with Crippen molar-refractivity contribution in [3.8, 4) is 11.1 Å². The molecule has 1 aliphatic carbocycles. The van der Waals surface area contributed by atoms with Crippen molar-refractivity contribution in [2.24, 2.45) is 5.92 Å². The van der Waals surface area contributed by atoms with E-state index in [1.54, 1.807) is 12.5 Å². The molecule has 2 unspecified atom stereocenters. The van der Waals surface area contributed by atoms with Gasteiger partial charge in [0.15, 0.2) is 5.82 Å². The number of amides is 1. The number of benzene rings is 1. The second-order valence-electron chi connectivity index (χ2n) is 6.74. The van der Waals surface area contributed by atoms with Gasteiger partial charge in [0.2, 0.25) is 5.91 Å². The number of fused-ring (bicyclic) bond motifs is 2. The number of H-pyrrole nitrogens is 1. The molecule has 1 fully saturated rings. The summed E-state index contributed by atoms with van der Waals surface area (Å²) in [6.07, 6.45) is 4.68. The zero-order chi connectivity index (χ0) is 17.8. The number of halogens is 1. The molecule has 3 heterocycles. The van der Waals surface area contributed by atoms with Crippen LogP contribution < -0.4 is 5.32 Å². The summed E-state index contributed by atoms with van der Waals surface area (Å²) in [6, 6.07) is 8.02. The van der Waals surface area contributed by atoms with Crippen LogP contribution in [0.1, 0.15) is 12.0 Å². The van der Waals surface area contributed by atoms with E-state index in [1.807, 2.05) is 22.7 Å². The summed E-state index contributed by atoms with van der Waals surface area (Å²) in [6.45, 7) is 2.06. The maximum absolute atomic E-state index is 13.0. The first kappa shape index (κ1) is 15.1. The second-order valence-corrected chi connectivity index (χ2v) is 6.74. The molecule has 0 aliphatic heterocycles. The van der Waals surface area contributed by atoms with Crippen molar-refractivity contribution in [3.63, 3.8) is 0 Å². The van der Waals surface area contributed by atoms with Crippen LogP contribution in [-0.4, -0.2) is 31.4 Å². The van der Waals surface area contributed by atoms with E-state index < -0.39 is 12.1 Å². The summed E-state index contributed by atoms with van der Waals surface area (Å²) in [7, 11) is 0. The first-order valence-corrected chi connectivity index (χ1v) is 8.46. The van der Waals surface area contributed by atoms with Crippen molar-refractivity contribution in [3.05, 3.63) is 48.5 Å². The largest absolute Gasteiger partial charge is 0.345 e. The van der Waals surface area contributed by atoms with E-state index >= 15 is 0 Å². The zero-order valence-electron chi connectivity index (χ0n) is 14.0. The Morgan fingerprint density at radius 2 is 2.19 bits per heavy atom. The number of pyridine rings is 1. The average molecular weight is 349 g/mol. The number of rotatable bonds is 3. The van der Waals surface area contributed by atoms with Crippen LogP contribution in [0.4, 0.5) is 10.2 Å². The number of aryl methyl sites for hydroxylation is 1. The van der Waals surface area contributed by atoms with E-state index in [9.17, 15) is 9.18 Å². The highest BCUT2D eigenvalue weighted by molar-refractivity contribution is 5.94. The Kier molecular flexibility index (Phi) is 3.12. The summed E-state index contributed by atoms with van der Waals surface area (Å²) in [5, 5.41) is 2.69. The maximum atomic E-state index is 13.0. The zero-order valence-corrected chi connectivity index (χ0v) is 14.0. The molecule has 1 aromatic carbocycles. The molecule has 0 bridgehead atoms. The fraction of sp³-hybridized carbons (Fsp3) is 0.211. The number of hydrogen-bond donors (Lipinski definition) is 2. The van der Waals surface area contributed by atoms with Crippen LogP contribution in [0.15, 0.2) is 43.0 Å². The van der Waals surface area contributed by atoms with E-state index in [0.717, 1.165) is 33.4 Å². The molecule has 2 N–H and O–H groups in total. The van der Waals surface area contributed by atoms with E-state index in [2.05, 4.69) is 39.3 Å². The highest BCUT2D eigenvalue weighted by Gasteiger charge is 2.43. The van der Waals surface area contributed by atoms with Crippen molar-refractivity contribution >= 4 is 28.4 Å². The molecule has 1 amide bonds. The third-order valence-electron chi connectivity index (χ3n) is 4.83. The SMILES string of the molecule is Cc1cc2[nH]cnc2cc1-c1ccc2nc(NC(=O)C3CC3F)cn2c1. The molecule has 1 saturated carbocycles. The van der Waals surface area contributed by atoms with Crippen molar-refractivity contribution in [2.75, 3.05) is 5.32 Å². The Balaban J connectivity index is 1.50. The molecule has 0 saturated heterocycles. The van der Waals surface area contributed by atoms with Crippen molar-refractivity contribution < 1.29 is 9.18 Å². The number of aromatic nitrogens is 4. The van der Waals surface area contributed by atoms with Gasteiger partial charge in [0.25, 0.3) is 0 Å². The highest BCUT2D eigenvalue weighted by atomic mass is 19.1. The fourth-order valence-electron chi connectivity index (χ4n) is 3.27. The summed E-state index contributed by atoms with van der Waals surface area (Å²) in [4.78, 5) is 23.7. The molecule has 5 rings (SSSR count). The molecular weight excluding hydrogens is 333 g/mol. The Labute approximate surface area is 148 Å². The Morgan fingerprint density at radius 3 is 3.00 bits per heavy atom. The van der Waals surface area contributed by atoms with Gasteiger partial charge in [-0.3, -0.25) is 4.79 Å². The Hall–Kier alpha value is -3.22. The summed E-state index contributed by atoms with van der Waals surface area (Å²) in [5.74, 6) is -0.398. The lowest BCUT2D eigenvalue weighted by molar-refractivity contribution is -0.117. The molecule has 130 valence electrons. The lowest BCUT2D eigenvalue weighted by atomic mass is 10.0. The minimum Gasteiger partial charge on any atom is -0.345 e. The summed E-state index contributed by atoms with van der Waals surface area (Å²) >= 11 is 0. The Morgan fingerprint density at radius 1 is 1.35 bits per heavy atom. The van der Waals surface area contributed by atoms with Crippen LogP contribution in [0.25, 0.3) is 27.8 Å². The van der Waals surface area contributed by atoms with E-state index in [4.69, 9.17) is 0 Å². The molecule has 6 nitrogen and oxygen atoms in total. The van der Waals surface area contributed by atoms with Crippen molar-refractivity contribution in [1.29, 1.82) is 0 Å². The number of hydrogen-bond acceptors (Lipinski definition) is 3. The lowest BCUT2D eigenvalue weighted by Crippen LogP contribution is -2.15. The van der Waals surface area contributed by atoms with Gasteiger partial charge >= 0.3 is 0 Å². The monoisotopic (exact) mass is 349 g/mol. The molecule has 0 radical (unpaired) electrons. The molecule has 26 heavy (non-hydrogen) atoms. The van der Waals surface area contributed by atoms with Crippen molar-refractivity contribution in [2.45, 2.75) is 19.5 Å². The van der Waals surface area contributed by atoms with Gasteiger partial charge in [-0.25, -0.2) is 14.4 Å². The van der Waals surface area contributed by atoms with E-state index in [0.29, 0.717) is 12.2 Å². The second kappa shape index (κ2) is 5.39. The molecule has 2 atom stereocenters. The Bertz CT molecular complexity index is 1160. The first-order valence-electron chi connectivity index (χ1n) is 8.46. The number of nitrogens with one attached hydrogen (secondary N) is 2. The van der Waals surface area contributed by atoms with Crippen LogP contribution >= 0.6 is 0 Å². The summed E-state index contributed by atoms with van der Waals surface area (Å²) < 4.78 is 14.9. The highest BCUT2D eigenvalue weighted by Crippen LogP contribution is 2.34. The predicted octanol–water partition coefficient (Wildman–Crippen LogP) is 3.48. The minimum atomic E-state index is -1.02. The third kappa shape index (κ3) is 2.44. The van der Waals surface area contributed by atoms with E-state index in [-0.39, 0.29) is 5.91 Å². The first-order chi connectivity index (χ1) is 12.6. The number of carbonyl (C=O) groups is 1. The van der Waals surface area contributed by atoms with Gasteiger partial charge in [-0.1, -0.05) is 0 Å². The third-order valence-corrected chi connectivity index (χ3v) is 4.83. The summed E-state index contributed by atoms with van der Waals surface area (Å²) in [5.41, 5.74) is 5.89. The van der Waals surface area contributed by atoms with Crippen LogP contribution in [0, 0.1) is 12.8 Å². The van der Waals surface area contributed by atoms with Gasteiger partial charge in [-0.15, -0.1) is 0 Å². The fourth-order valence-corrected chi connectivity index (χ4v) is 3.27. The van der Waals surface area contributed by atoms with Gasteiger partial charge in [0.05, 0.1) is 29.5 Å². The number of nitrogens with zero attached hydrogens (tertiary/aromatic N) is 3. The van der Waals surface area contributed by atoms with Crippen LogP contribution in [0.5, 0.6) is 0 Å². The number of anilines is 1. The van der Waals surface area contributed by atoms with Crippen LogP contribution in [0.2, 0.25) is 0 Å². The van der Waals surface area contributed by atoms with Gasteiger partial charge in [-0.05, 0) is 54.3 Å². The molecule has 1 aliphatic rings. The lowest BCUT2D eigenvalue weighted by Gasteiger charge is -2.07. The van der Waals surface area contributed by atoms with Gasteiger partial charge in [0, 0.05) is 6.20 Å². The standard InChI is InChI=1S/C19H16FN5O/c1-10-4-15-16(22-9-21-15)6-12(10)11-2-3-18-23-17(8-25(18)7-11)24-19(26)13-5-14(13)20/h2-4,6-9,13-14H,5H2,1H3,(H,21,22)(H,24,26). The maximum Gasteiger partial charge on any atom is 0.231 e. The van der Waals surface area contributed by atoms with Gasteiger partial charge in [0.1, 0.15) is 11.8 Å². The number of aromatic amines is 1. The number of carbonyl (C=O) groups excluding carboxylic acids is 1. The quantitative estimate of drug-likeness (QED) is 0.595. The van der Waals surface area contributed by atoms with E-state index in [1.165, 1.54) is 0 Å². The normalized spacial score (nSPS) is 19.2. The molecular formula is C19H16FN5O. The molecule has 0 spiro atoms. The smallest absolute Gasteiger partial charge is 0.231 e. The molecule has 4 aromatic rings. The van der Waals surface area contributed by atoms with Gasteiger partial charge < -0.3 is 14.7 Å². The number of alkyl halides is 1. The minimum absolute atomic E-state index is 0.304. The predicted molar refractivity (Wildman–Crippen MR) is 96.6 cm³/mol. The topological polar surface area (TPSA) is 75.1 Å². The van der Waals surface area contributed by atoms with Crippen molar-refractivity contribution in [1.82, 2.24) is 19.4 Å². The van der Waals surface area contributed by atoms with Crippen LogP contribution in [0.3, 0.4) is 0 Å². The number of imidazole rings is 2. The molecule has 7 heteroatoms. The van der Waals surface area contributed by atoms with Gasteiger partial charge in [-0.2, -0.15) is 0 Å². The average Bonchev–Trinajstić information content (AvgIpc) is 3.02. The molecule has 3 aromatic heterocycles. The van der Waals surface area contributed by atoms with Crippen LogP contribution in [-0.2, 0) is 4.79 Å².